The van der Waals surface area contributed by atoms with Crippen molar-refractivity contribution < 1.29 is 19.5 Å². The molecule has 154 valence electrons. The van der Waals surface area contributed by atoms with Crippen molar-refractivity contribution >= 4 is 17.7 Å². The van der Waals surface area contributed by atoms with Crippen molar-refractivity contribution in [3.8, 4) is 0 Å². The molecule has 1 N–H and O–H groups in total. The lowest BCUT2D eigenvalue weighted by Crippen LogP contribution is -2.39. The van der Waals surface area contributed by atoms with Crippen molar-refractivity contribution in [2.45, 2.75) is 52.5 Å². The fraction of sp³-hybridized carbons (Fsp3) is 0.455. The zero-order valence-electron chi connectivity index (χ0n) is 17.1. The third kappa shape index (κ3) is 4.55. The zero-order chi connectivity index (χ0) is 21.1. The lowest BCUT2D eigenvalue weighted by atomic mass is 9.90. The molecule has 29 heavy (non-hydrogen) atoms. The number of carbonyl (C=O) groups excluding carboxylic acids is 2. The van der Waals surface area contributed by atoms with Crippen molar-refractivity contribution in [3.05, 3.63) is 52.3 Å². The number of amides is 1. The molecule has 2 aromatic rings. The molecule has 1 saturated heterocycles. The second-order valence-electron chi connectivity index (χ2n) is 7.68. The van der Waals surface area contributed by atoms with E-state index in [1.807, 2.05) is 30.9 Å². The van der Waals surface area contributed by atoms with Crippen molar-refractivity contribution in [2.75, 3.05) is 13.1 Å². The van der Waals surface area contributed by atoms with Gasteiger partial charge in [-0.25, -0.2) is 4.79 Å². The number of carboxylic acid groups (broad SMARTS) is 1. The summed E-state index contributed by atoms with van der Waals surface area (Å²) in [5.41, 5.74) is 3.48. The summed E-state index contributed by atoms with van der Waals surface area (Å²) >= 11 is 0. The molecular formula is C22H27N3O4. The van der Waals surface area contributed by atoms with Gasteiger partial charge in [0.05, 0.1) is 16.8 Å². The molecule has 0 radical (unpaired) electrons. The number of piperidine rings is 1. The topological polar surface area (TPSA) is 92.5 Å². The Morgan fingerprint density at radius 1 is 1.17 bits per heavy atom. The van der Waals surface area contributed by atoms with Gasteiger partial charge in [0.2, 0.25) is 5.91 Å². The number of Topliss-reactive ketones (excluding diaryl/α,β-unsaturated/α-hetero) is 1. The zero-order valence-corrected chi connectivity index (χ0v) is 17.1. The first-order chi connectivity index (χ1) is 13.8. The van der Waals surface area contributed by atoms with Crippen LogP contribution in [0, 0.1) is 13.8 Å². The molecule has 0 unspecified atom stereocenters. The highest BCUT2D eigenvalue weighted by Crippen LogP contribution is 2.27. The molecule has 1 aliphatic rings. The molecule has 0 spiro atoms. The predicted molar refractivity (Wildman–Crippen MR) is 108 cm³/mol. The number of hydrogen-bond acceptors (Lipinski definition) is 4. The molecule has 0 bridgehead atoms. The summed E-state index contributed by atoms with van der Waals surface area (Å²) in [4.78, 5) is 37.4. The maximum absolute atomic E-state index is 12.8. The first-order valence-corrected chi connectivity index (χ1v) is 9.94. The number of carboxylic acids is 1. The average Bonchev–Trinajstić information content (AvgIpc) is 2.99. The Hall–Kier alpha value is -2.96. The molecule has 3 rings (SSSR count). The van der Waals surface area contributed by atoms with Gasteiger partial charge < -0.3 is 10.0 Å². The first-order valence-electron chi connectivity index (χ1n) is 9.94. The highest BCUT2D eigenvalue weighted by molar-refractivity contribution is 5.96. The van der Waals surface area contributed by atoms with Crippen molar-refractivity contribution in [1.82, 2.24) is 14.7 Å². The number of ketones is 1. The third-order valence-corrected chi connectivity index (χ3v) is 5.67. The molecule has 1 aliphatic heterocycles. The molecule has 7 nitrogen and oxygen atoms in total. The van der Waals surface area contributed by atoms with Crippen LogP contribution in [0.3, 0.4) is 0 Å². The number of aryl methyl sites for hydroxylation is 2. The van der Waals surface area contributed by atoms with Gasteiger partial charge in [-0.15, -0.1) is 0 Å². The van der Waals surface area contributed by atoms with E-state index in [0.717, 1.165) is 30.6 Å². The molecular weight excluding hydrogens is 370 g/mol. The van der Waals surface area contributed by atoms with Gasteiger partial charge in [-0.1, -0.05) is 12.1 Å². The fourth-order valence-corrected chi connectivity index (χ4v) is 4.16. The minimum atomic E-state index is -0.936. The summed E-state index contributed by atoms with van der Waals surface area (Å²) in [7, 11) is 0. The van der Waals surface area contributed by atoms with Crippen LogP contribution in [0.4, 0.5) is 0 Å². The number of aromatic carboxylic acids is 1. The lowest BCUT2D eigenvalue weighted by Gasteiger charge is -2.33. The SMILES string of the molecule is CC(=O)c1c(C)nn(CCC(=O)N2CCC[C@@H](c3ccc(C(=O)O)cc3)C2)c1C. The molecule has 2 heterocycles. The fourth-order valence-electron chi connectivity index (χ4n) is 4.16. The quantitative estimate of drug-likeness (QED) is 0.756. The Balaban J connectivity index is 1.62. The highest BCUT2D eigenvalue weighted by Gasteiger charge is 2.25. The van der Waals surface area contributed by atoms with E-state index in [9.17, 15) is 14.4 Å². The number of carbonyl (C=O) groups is 3. The minimum absolute atomic E-state index is 0.00892. The van der Waals surface area contributed by atoms with Crippen molar-refractivity contribution in [3.63, 3.8) is 0 Å². The molecule has 0 aliphatic carbocycles. The number of likely N-dealkylation sites (tertiary alicyclic amines) is 1. The monoisotopic (exact) mass is 397 g/mol. The van der Waals surface area contributed by atoms with Gasteiger partial charge in [0.15, 0.2) is 5.78 Å². The molecule has 1 fully saturated rings. The lowest BCUT2D eigenvalue weighted by molar-refractivity contribution is -0.132. The van der Waals surface area contributed by atoms with E-state index in [1.54, 1.807) is 16.8 Å². The van der Waals surface area contributed by atoms with Gasteiger partial charge in [-0.05, 0) is 51.3 Å². The van der Waals surface area contributed by atoms with Gasteiger partial charge in [0.25, 0.3) is 0 Å². The smallest absolute Gasteiger partial charge is 0.335 e. The molecule has 1 atom stereocenters. The number of aromatic nitrogens is 2. The predicted octanol–water partition coefficient (Wildman–Crippen LogP) is 3.20. The van der Waals surface area contributed by atoms with Crippen LogP contribution in [0.2, 0.25) is 0 Å². The van der Waals surface area contributed by atoms with Crippen LogP contribution in [0.1, 0.15) is 69.8 Å². The number of benzene rings is 1. The van der Waals surface area contributed by atoms with Crippen LogP contribution in [-0.4, -0.2) is 50.5 Å². The molecule has 7 heteroatoms. The summed E-state index contributed by atoms with van der Waals surface area (Å²) < 4.78 is 1.75. The Morgan fingerprint density at radius 3 is 2.45 bits per heavy atom. The van der Waals surface area contributed by atoms with Crippen LogP contribution in [0.15, 0.2) is 24.3 Å². The first kappa shape index (κ1) is 20.8. The summed E-state index contributed by atoms with van der Waals surface area (Å²) in [5, 5.41) is 13.5. The normalized spacial score (nSPS) is 16.7. The molecule has 1 aromatic carbocycles. The summed E-state index contributed by atoms with van der Waals surface area (Å²) in [6.07, 6.45) is 2.24. The van der Waals surface area contributed by atoms with Crippen LogP contribution in [0.25, 0.3) is 0 Å². The highest BCUT2D eigenvalue weighted by atomic mass is 16.4. The largest absolute Gasteiger partial charge is 0.478 e. The Morgan fingerprint density at radius 2 is 1.86 bits per heavy atom. The van der Waals surface area contributed by atoms with Gasteiger partial charge in [-0.2, -0.15) is 5.10 Å². The van der Waals surface area contributed by atoms with E-state index in [1.165, 1.54) is 6.92 Å². The van der Waals surface area contributed by atoms with E-state index in [4.69, 9.17) is 5.11 Å². The van der Waals surface area contributed by atoms with Gasteiger partial charge >= 0.3 is 5.97 Å². The summed E-state index contributed by atoms with van der Waals surface area (Å²) in [6.45, 7) is 7.03. The average molecular weight is 397 g/mol. The second kappa shape index (κ2) is 8.59. The van der Waals surface area contributed by atoms with Crippen LogP contribution < -0.4 is 0 Å². The number of nitrogens with zero attached hydrogens (tertiary/aromatic N) is 3. The molecule has 1 amide bonds. The van der Waals surface area contributed by atoms with Crippen LogP contribution in [-0.2, 0) is 11.3 Å². The molecule has 1 aromatic heterocycles. The summed E-state index contributed by atoms with van der Waals surface area (Å²) in [6, 6.07) is 6.93. The van der Waals surface area contributed by atoms with Crippen LogP contribution >= 0.6 is 0 Å². The maximum Gasteiger partial charge on any atom is 0.335 e. The standard InChI is InChI=1S/C22H27N3O4/c1-14-21(16(3)26)15(2)25(23-14)12-10-20(27)24-11-4-5-19(13-24)17-6-8-18(9-7-17)22(28)29/h6-9,19H,4-5,10-13H2,1-3H3,(H,28,29)/t19-/m1/s1. The maximum atomic E-state index is 12.8. The van der Waals surface area contributed by atoms with Crippen molar-refractivity contribution in [2.24, 2.45) is 0 Å². The molecule has 0 saturated carbocycles. The minimum Gasteiger partial charge on any atom is -0.478 e. The van der Waals surface area contributed by atoms with Gasteiger partial charge in [-0.3, -0.25) is 14.3 Å². The number of rotatable bonds is 6. The Labute approximate surface area is 170 Å². The van der Waals surface area contributed by atoms with Crippen molar-refractivity contribution in [1.29, 1.82) is 0 Å². The van der Waals surface area contributed by atoms with Crippen LogP contribution in [0.5, 0.6) is 0 Å². The van der Waals surface area contributed by atoms with E-state index in [2.05, 4.69) is 5.10 Å². The van der Waals surface area contributed by atoms with E-state index in [0.29, 0.717) is 30.8 Å². The van der Waals surface area contributed by atoms with Gasteiger partial charge in [0.1, 0.15) is 0 Å². The Kier molecular flexibility index (Phi) is 6.15. The Bertz CT molecular complexity index is 930. The number of hydrogen-bond donors (Lipinski definition) is 1. The van der Waals surface area contributed by atoms with E-state index in [-0.39, 0.29) is 23.2 Å². The van der Waals surface area contributed by atoms with E-state index < -0.39 is 5.97 Å². The summed E-state index contributed by atoms with van der Waals surface area (Å²) in [5.74, 6) is -0.651. The van der Waals surface area contributed by atoms with E-state index >= 15 is 0 Å². The van der Waals surface area contributed by atoms with Gasteiger partial charge in [0, 0.05) is 37.7 Å². The third-order valence-electron chi connectivity index (χ3n) is 5.67. The second-order valence-corrected chi connectivity index (χ2v) is 7.68.